The molecule has 3 rings (SSSR count). The number of nitrogens with zero attached hydrogens (tertiary/aromatic N) is 3. The normalized spacial score (nSPS) is 21.7. The summed E-state index contributed by atoms with van der Waals surface area (Å²) < 4.78 is 19.5. The predicted molar refractivity (Wildman–Crippen MR) is 78.9 cm³/mol. The standard InChI is InChI=1S/C16H18FN3O2/c17-13-10-12(11-18)3-4-14(13)19-5-7-20(8-6-19)16(21)15-2-1-9-22-15/h3-4,10,15H,1-2,5-9H2/t15-/m0/s1. The highest BCUT2D eigenvalue weighted by Gasteiger charge is 2.30. The highest BCUT2D eigenvalue weighted by Crippen LogP contribution is 2.23. The van der Waals surface area contributed by atoms with Gasteiger partial charge < -0.3 is 14.5 Å². The van der Waals surface area contributed by atoms with Crippen molar-refractivity contribution in [3.05, 3.63) is 29.6 Å². The van der Waals surface area contributed by atoms with Crippen molar-refractivity contribution in [3.63, 3.8) is 0 Å². The van der Waals surface area contributed by atoms with Crippen molar-refractivity contribution >= 4 is 11.6 Å². The fourth-order valence-corrected chi connectivity index (χ4v) is 2.98. The molecule has 22 heavy (non-hydrogen) atoms. The second-order valence-electron chi connectivity index (χ2n) is 5.59. The summed E-state index contributed by atoms with van der Waals surface area (Å²) in [6, 6.07) is 6.42. The topological polar surface area (TPSA) is 56.6 Å². The number of hydrogen-bond donors (Lipinski definition) is 0. The van der Waals surface area contributed by atoms with Crippen LogP contribution in [-0.2, 0) is 9.53 Å². The van der Waals surface area contributed by atoms with Gasteiger partial charge in [0.2, 0.25) is 0 Å². The first-order chi connectivity index (χ1) is 10.7. The summed E-state index contributed by atoms with van der Waals surface area (Å²) in [6.45, 7) is 2.96. The molecule has 2 fully saturated rings. The number of carbonyl (C=O) groups excluding carboxylic acids is 1. The summed E-state index contributed by atoms with van der Waals surface area (Å²) in [5, 5.41) is 8.78. The van der Waals surface area contributed by atoms with Crippen LogP contribution in [0.2, 0.25) is 0 Å². The Hall–Kier alpha value is -2.13. The number of anilines is 1. The van der Waals surface area contributed by atoms with Crippen LogP contribution >= 0.6 is 0 Å². The average molecular weight is 303 g/mol. The predicted octanol–water partition coefficient (Wildman–Crippen LogP) is 1.52. The van der Waals surface area contributed by atoms with Crippen molar-refractivity contribution in [3.8, 4) is 6.07 Å². The molecule has 1 atom stereocenters. The molecule has 1 amide bonds. The van der Waals surface area contributed by atoms with Crippen LogP contribution in [0.1, 0.15) is 18.4 Å². The lowest BCUT2D eigenvalue weighted by molar-refractivity contribution is -0.141. The lowest BCUT2D eigenvalue weighted by Gasteiger charge is -2.37. The molecular weight excluding hydrogens is 285 g/mol. The molecule has 0 saturated carbocycles. The van der Waals surface area contributed by atoms with Crippen molar-refractivity contribution < 1.29 is 13.9 Å². The zero-order chi connectivity index (χ0) is 15.5. The average Bonchev–Trinajstić information content (AvgIpc) is 3.08. The molecule has 1 aromatic carbocycles. The Labute approximate surface area is 128 Å². The van der Waals surface area contributed by atoms with Crippen LogP contribution in [-0.4, -0.2) is 49.7 Å². The zero-order valence-electron chi connectivity index (χ0n) is 12.3. The van der Waals surface area contributed by atoms with Gasteiger partial charge in [0.15, 0.2) is 0 Å². The zero-order valence-corrected chi connectivity index (χ0v) is 12.3. The van der Waals surface area contributed by atoms with Gasteiger partial charge in [0, 0.05) is 32.8 Å². The molecule has 6 heteroatoms. The first kappa shape index (κ1) is 14.8. The molecule has 0 bridgehead atoms. The van der Waals surface area contributed by atoms with Crippen molar-refractivity contribution in [1.82, 2.24) is 4.90 Å². The molecule has 0 unspecified atom stereocenters. The highest BCUT2D eigenvalue weighted by molar-refractivity contribution is 5.81. The Morgan fingerprint density at radius 1 is 1.32 bits per heavy atom. The maximum absolute atomic E-state index is 14.0. The Bertz CT molecular complexity index is 600. The van der Waals surface area contributed by atoms with Gasteiger partial charge in [-0.1, -0.05) is 0 Å². The smallest absolute Gasteiger partial charge is 0.251 e. The number of amides is 1. The van der Waals surface area contributed by atoms with Gasteiger partial charge in [-0.15, -0.1) is 0 Å². The molecule has 2 aliphatic heterocycles. The Morgan fingerprint density at radius 2 is 2.09 bits per heavy atom. The van der Waals surface area contributed by atoms with Crippen LogP contribution in [0.3, 0.4) is 0 Å². The number of halogens is 1. The van der Waals surface area contributed by atoms with E-state index in [1.807, 2.05) is 11.0 Å². The minimum atomic E-state index is -0.391. The van der Waals surface area contributed by atoms with Crippen LogP contribution in [0.5, 0.6) is 0 Å². The number of ether oxygens (including phenoxy) is 1. The minimum Gasteiger partial charge on any atom is -0.368 e. The van der Waals surface area contributed by atoms with Crippen LogP contribution < -0.4 is 4.90 Å². The van der Waals surface area contributed by atoms with E-state index in [4.69, 9.17) is 10.00 Å². The highest BCUT2D eigenvalue weighted by atomic mass is 19.1. The molecule has 2 saturated heterocycles. The number of benzene rings is 1. The van der Waals surface area contributed by atoms with Crippen LogP contribution in [0.15, 0.2) is 18.2 Å². The van der Waals surface area contributed by atoms with Gasteiger partial charge >= 0.3 is 0 Å². The van der Waals surface area contributed by atoms with Crippen molar-refractivity contribution in [1.29, 1.82) is 5.26 Å². The summed E-state index contributed by atoms with van der Waals surface area (Å²) in [5.74, 6) is -0.338. The Kier molecular flexibility index (Phi) is 4.25. The van der Waals surface area contributed by atoms with E-state index < -0.39 is 5.82 Å². The van der Waals surface area contributed by atoms with E-state index in [-0.39, 0.29) is 12.0 Å². The number of nitriles is 1. The Morgan fingerprint density at radius 3 is 2.68 bits per heavy atom. The quantitative estimate of drug-likeness (QED) is 0.831. The summed E-state index contributed by atoms with van der Waals surface area (Å²) in [5.41, 5.74) is 0.802. The minimum absolute atomic E-state index is 0.0532. The monoisotopic (exact) mass is 303 g/mol. The number of rotatable bonds is 2. The fraction of sp³-hybridized carbons (Fsp3) is 0.500. The van der Waals surface area contributed by atoms with E-state index >= 15 is 0 Å². The third-order valence-electron chi connectivity index (χ3n) is 4.21. The SMILES string of the molecule is N#Cc1ccc(N2CCN(C(=O)[C@@H]3CCCO3)CC2)c(F)c1. The molecule has 116 valence electrons. The second-order valence-corrected chi connectivity index (χ2v) is 5.59. The molecular formula is C16H18FN3O2. The van der Waals surface area contributed by atoms with E-state index in [0.717, 1.165) is 12.8 Å². The summed E-state index contributed by atoms with van der Waals surface area (Å²) in [6.07, 6.45) is 1.44. The van der Waals surface area contributed by atoms with E-state index in [9.17, 15) is 9.18 Å². The van der Waals surface area contributed by atoms with Crippen molar-refractivity contribution in [2.45, 2.75) is 18.9 Å². The third-order valence-corrected chi connectivity index (χ3v) is 4.21. The van der Waals surface area contributed by atoms with Crippen LogP contribution in [0.4, 0.5) is 10.1 Å². The van der Waals surface area contributed by atoms with E-state index in [0.29, 0.717) is 44.0 Å². The number of piperazine rings is 1. The number of carbonyl (C=O) groups is 1. The van der Waals surface area contributed by atoms with Crippen molar-refractivity contribution in [2.75, 3.05) is 37.7 Å². The van der Waals surface area contributed by atoms with E-state index in [1.54, 1.807) is 17.0 Å². The van der Waals surface area contributed by atoms with Gasteiger partial charge in [-0.25, -0.2) is 4.39 Å². The first-order valence-electron chi connectivity index (χ1n) is 7.54. The third kappa shape index (κ3) is 2.90. The maximum atomic E-state index is 14.0. The van der Waals surface area contributed by atoms with Crippen molar-refractivity contribution in [2.24, 2.45) is 0 Å². The van der Waals surface area contributed by atoms with Crippen LogP contribution in [0.25, 0.3) is 0 Å². The second kappa shape index (κ2) is 6.32. The lowest BCUT2D eigenvalue weighted by Crippen LogP contribution is -2.51. The molecule has 5 nitrogen and oxygen atoms in total. The van der Waals surface area contributed by atoms with Gasteiger partial charge in [0.25, 0.3) is 5.91 Å². The lowest BCUT2D eigenvalue weighted by atomic mass is 10.1. The molecule has 0 aromatic heterocycles. The first-order valence-corrected chi connectivity index (χ1v) is 7.54. The number of hydrogen-bond acceptors (Lipinski definition) is 4. The summed E-state index contributed by atoms with van der Waals surface area (Å²) in [7, 11) is 0. The molecule has 1 aromatic rings. The summed E-state index contributed by atoms with van der Waals surface area (Å²) in [4.78, 5) is 16.0. The molecule has 2 aliphatic rings. The molecule has 2 heterocycles. The molecule has 0 radical (unpaired) electrons. The Balaban J connectivity index is 1.62. The van der Waals surface area contributed by atoms with Crippen LogP contribution in [0, 0.1) is 17.1 Å². The molecule has 0 N–H and O–H groups in total. The van der Waals surface area contributed by atoms with E-state index in [2.05, 4.69) is 0 Å². The van der Waals surface area contributed by atoms with Gasteiger partial charge in [-0.05, 0) is 31.0 Å². The van der Waals surface area contributed by atoms with Gasteiger partial charge in [0.05, 0.1) is 17.3 Å². The van der Waals surface area contributed by atoms with Gasteiger partial charge in [-0.3, -0.25) is 4.79 Å². The van der Waals surface area contributed by atoms with Gasteiger partial charge in [0.1, 0.15) is 11.9 Å². The fourth-order valence-electron chi connectivity index (χ4n) is 2.98. The largest absolute Gasteiger partial charge is 0.368 e. The molecule has 0 aliphatic carbocycles. The van der Waals surface area contributed by atoms with Gasteiger partial charge in [-0.2, -0.15) is 5.26 Å². The summed E-state index contributed by atoms with van der Waals surface area (Å²) >= 11 is 0. The maximum Gasteiger partial charge on any atom is 0.251 e. The van der Waals surface area contributed by atoms with E-state index in [1.165, 1.54) is 6.07 Å². The molecule has 0 spiro atoms.